The van der Waals surface area contributed by atoms with E-state index in [2.05, 4.69) is 20.6 Å². The fourth-order valence-corrected chi connectivity index (χ4v) is 7.74. The molecule has 222 valence electrons. The van der Waals surface area contributed by atoms with Gasteiger partial charge in [-0.15, -0.1) is 22.7 Å². The van der Waals surface area contributed by atoms with Crippen LogP contribution in [-0.2, 0) is 9.59 Å². The van der Waals surface area contributed by atoms with Crippen LogP contribution in [0.25, 0.3) is 20.4 Å². The van der Waals surface area contributed by atoms with Gasteiger partial charge in [-0.05, 0) is 68.4 Å². The number of benzene rings is 3. The summed E-state index contributed by atoms with van der Waals surface area (Å²) in [6, 6.07) is 15.5. The van der Waals surface area contributed by atoms with Gasteiger partial charge in [0.05, 0.1) is 50.7 Å². The number of aromatic carboxylic acids is 1. The quantitative estimate of drug-likeness (QED) is 0.115. The van der Waals surface area contributed by atoms with E-state index in [1.165, 1.54) is 64.4 Å². The van der Waals surface area contributed by atoms with Crippen molar-refractivity contribution in [1.82, 2.24) is 9.97 Å². The van der Waals surface area contributed by atoms with Crippen LogP contribution in [0.2, 0.25) is 0 Å². The molecule has 0 aliphatic carbocycles. The second-order valence-corrected chi connectivity index (χ2v) is 13.4. The standard InChI is InChI=1S/C29H26N4O6S4/c1-3-38-19-5-7-21-23(12-19)42-28(32-21)40-14-25(34)30-17-9-16(27(36)37)10-18(11-17)31-26(35)15-41-29-33-22-8-6-20(39-4-2)13-24(22)43-29/h5-13H,3-4,14-15H2,1-2H3,(H,30,34)(H,31,35)(H,36,37). The molecular formula is C29H26N4O6S4. The highest BCUT2D eigenvalue weighted by Crippen LogP contribution is 2.33. The third-order valence-electron chi connectivity index (χ3n) is 5.70. The number of nitrogens with zero attached hydrogens (tertiary/aromatic N) is 2. The lowest BCUT2D eigenvalue weighted by molar-refractivity contribution is -0.114. The Morgan fingerprint density at radius 3 is 1.63 bits per heavy atom. The van der Waals surface area contributed by atoms with Crippen LogP contribution in [0.5, 0.6) is 11.5 Å². The molecule has 2 heterocycles. The maximum atomic E-state index is 12.7. The Labute approximate surface area is 263 Å². The zero-order chi connectivity index (χ0) is 30.3. The molecule has 5 aromatic rings. The molecule has 3 aromatic carbocycles. The second-order valence-electron chi connectivity index (χ2n) is 8.86. The van der Waals surface area contributed by atoms with Crippen molar-refractivity contribution < 1.29 is 29.0 Å². The molecule has 0 spiro atoms. The Bertz CT molecular complexity index is 1680. The zero-order valence-electron chi connectivity index (χ0n) is 23.0. The van der Waals surface area contributed by atoms with Crippen molar-refractivity contribution >= 4 is 95.8 Å². The third-order valence-corrected chi connectivity index (χ3v) is 10.0. The number of carbonyl (C=O) groups excluding carboxylic acids is 2. The van der Waals surface area contributed by atoms with Crippen molar-refractivity contribution in [2.24, 2.45) is 0 Å². The minimum absolute atomic E-state index is 0.0686. The molecule has 3 N–H and O–H groups in total. The number of carboxylic acids is 1. The van der Waals surface area contributed by atoms with Gasteiger partial charge in [-0.1, -0.05) is 23.5 Å². The molecule has 0 saturated carbocycles. The number of thiazole rings is 2. The summed E-state index contributed by atoms with van der Waals surface area (Å²) in [5.74, 6) is -0.181. The summed E-state index contributed by atoms with van der Waals surface area (Å²) in [5, 5.41) is 15.0. The monoisotopic (exact) mass is 654 g/mol. The maximum Gasteiger partial charge on any atom is 0.335 e. The van der Waals surface area contributed by atoms with Crippen LogP contribution in [0.1, 0.15) is 24.2 Å². The molecule has 10 nitrogen and oxygen atoms in total. The van der Waals surface area contributed by atoms with Crippen LogP contribution in [-0.4, -0.2) is 57.6 Å². The van der Waals surface area contributed by atoms with Crippen molar-refractivity contribution in [3.8, 4) is 11.5 Å². The lowest BCUT2D eigenvalue weighted by Crippen LogP contribution is -2.17. The number of rotatable bonds is 13. The van der Waals surface area contributed by atoms with Crippen LogP contribution in [0.4, 0.5) is 11.4 Å². The van der Waals surface area contributed by atoms with Gasteiger partial charge in [-0.25, -0.2) is 14.8 Å². The van der Waals surface area contributed by atoms with E-state index in [9.17, 15) is 19.5 Å². The second kappa shape index (κ2) is 14.1. The van der Waals surface area contributed by atoms with E-state index in [0.717, 1.165) is 40.6 Å². The lowest BCUT2D eigenvalue weighted by Gasteiger charge is -2.10. The van der Waals surface area contributed by atoms with E-state index in [1.807, 2.05) is 50.2 Å². The Balaban J connectivity index is 1.18. The SMILES string of the molecule is CCOc1ccc2nc(SCC(=O)Nc3cc(NC(=O)CSc4nc5ccc(OCC)cc5s4)cc(C(=O)O)c3)sc2c1. The number of amides is 2. The van der Waals surface area contributed by atoms with Crippen molar-refractivity contribution in [3.05, 3.63) is 60.2 Å². The first kappa shape index (κ1) is 30.6. The van der Waals surface area contributed by atoms with E-state index >= 15 is 0 Å². The van der Waals surface area contributed by atoms with E-state index in [0.29, 0.717) is 13.2 Å². The van der Waals surface area contributed by atoms with E-state index in [4.69, 9.17) is 9.47 Å². The summed E-state index contributed by atoms with van der Waals surface area (Å²) in [4.78, 5) is 46.3. The molecule has 0 bridgehead atoms. The molecule has 0 aliphatic heterocycles. The maximum absolute atomic E-state index is 12.7. The molecule has 2 amide bonds. The van der Waals surface area contributed by atoms with E-state index < -0.39 is 5.97 Å². The van der Waals surface area contributed by atoms with Gasteiger partial charge in [0.1, 0.15) is 11.5 Å². The summed E-state index contributed by atoms with van der Waals surface area (Å²) in [5.41, 5.74) is 2.09. The van der Waals surface area contributed by atoms with Crippen LogP contribution in [0, 0.1) is 0 Å². The van der Waals surface area contributed by atoms with Gasteiger partial charge >= 0.3 is 5.97 Å². The Morgan fingerprint density at radius 2 is 1.21 bits per heavy atom. The summed E-state index contributed by atoms with van der Waals surface area (Å²) < 4.78 is 14.4. The molecule has 14 heteroatoms. The van der Waals surface area contributed by atoms with Crippen LogP contribution in [0.15, 0.2) is 63.3 Å². The number of carboxylic acid groups (broad SMARTS) is 1. The third kappa shape index (κ3) is 8.16. The molecule has 0 unspecified atom stereocenters. The highest BCUT2D eigenvalue weighted by Gasteiger charge is 2.14. The first-order chi connectivity index (χ1) is 20.8. The number of fused-ring (bicyclic) bond motifs is 2. The van der Waals surface area contributed by atoms with Crippen molar-refractivity contribution in [1.29, 1.82) is 0 Å². The molecule has 0 radical (unpaired) electrons. The summed E-state index contributed by atoms with van der Waals surface area (Å²) in [6.45, 7) is 4.98. The molecule has 0 atom stereocenters. The fourth-order valence-electron chi connectivity index (χ4n) is 3.95. The van der Waals surface area contributed by atoms with Gasteiger partial charge in [-0.2, -0.15) is 0 Å². The Hall–Kier alpha value is -3.85. The fraction of sp³-hybridized carbons (Fsp3) is 0.207. The molecule has 0 fully saturated rings. The first-order valence-electron chi connectivity index (χ1n) is 13.1. The van der Waals surface area contributed by atoms with Crippen LogP contribution >= 0.6 is 46.2 Å². The van der Waals surface area contributed by atoms with E-state index in [-0.39, 0.29) is 40.3 Å². The zero-order valence-corrected chi connectivity index (χ0v) is 26.3. The number of anilines is 2. The summed E-state index contributed by atoms with van der Waals surface area (Å²) in [6.07, 6.45) is 0. The minimum Gasteiger partial charge on any atom is -0.494 e. The van der Waals surface area contributed by atoms with E-state index in [1.54, 1.807) is 0 Å². The molecule has 0 aliphatic rings. The van der Waals surface area contributed by atoms with Crippen LogP contribution < -0.4 is 20.1 Å². The topological polar surface area (TPSA) is 140 Å². The van der Waals surface area contributed by atoms with Gasteiger partial charge in [0.15, 0.2) is 8.68 Å². The number of thioether (sulfide) groups is 2. The lowest BCUT2D eigenvalue weighted by atomic mass is 10.1. The molecule has 43 heavy (non-hydrogen) atoms. The number of aromatic nitrogens is 2. The molecular weight excluding hydrogens is 629 g/mol. The van der Waals surface area contributed by atoms with Crippen molar-refractivity contribution in [2.75, 3.05) is 35.4 Å². The number of carbonyl (C=O) groups is 3. The Kier molecular flexibility index (Phi) is 10.0. The minimum atomic E-state index is -1.18. The average molecular weight is 655 g/mol. The van der Waals surface area contributed by atoms with Gasteiger partial charge in [0.25, 0.3) is 0 Å². The summed E-state index contributed by atoms with van der Waals surface area (Å²) >= 11 is 5.49. The predicted octanol–water partition coefficient (Wildman–Crippen LogP) is 6.86. The van der Waals surface area contributed by atoms with Gasteiger partial charge in [0.2, 0.25) is 11.8 Å². The van der Waals surface area contributed by atoms with Crippen LogP contribution in [0.3, 0.4) is 0 Å². The van der Waals surface area contributed by atoms with Gasteiger partial charge < -0.3 is 25.2 Å². The van der Waals surface area contributed by atoms with Gasteiger partial charge in [0, 0.05) is 11.4 Å². The highest BCUT2D eigenvalue weighted by molar-refractivity contribution is 8.02. The Morgan fingerprint density at radius 1 is 0.744 bits per heavy atom. The molecule has 2 aromatic heterocycles. The van der Waals surface area contributed by atoms with Crippen molar-refractivity contribution in [3.63, 3.8) is 0 Å². The number of nitrogens with one attached hydrogen (secondary N) is 2. The predicted molar refractivity (Wildman–Crippen MR) is 174 cm³/mol. The number of hydrogen-bond acceptors (Lipinski definition) is 11. The average Bonchev–Trinajstić information content (AvgIpc) is 3.58. The number of hydrogen-bond donors (Lipinski definition) is 3. The number of ether oxygens (including phenoxy) is 2. The summed E-state index contributed by atoms with van der Waals surface area (Å²) in [7, 11) is 0. The van der Waals surface area contributed by atoms with Gasteiger partial charge in [-0.3, -0.25) is 9.59 Å². The molecule has 5 rings (SSSR count). The normalized spacial score (nSPS) is 11.0. The highest BCUT2D eigenvalue weighted by atomic mass is 32.2. The first-order valence-corrected chi connectivity index (χ1v) is 16.7. The smallest absolute Gasteiger partial charge is 0.335 e. The molecule has 0 saturated heterocycles. The largest absolute Gasteiger partial charge is 0.494 e. The van der Waals surface area contributed by atoms with Crippen molar-refractivity contribution in [2.45, 2.75) is 22.5 Å².